The Bertz CT molecular complexity index is 993. The molecule has 2 aliphatic rings. The van der Waals surface area contributed by atoms with Crippen LogP contribution in [0.4, 0.5) is 5.69 Å². The molecule has 0 aliphatic carbocycles. The smallest absolute Gasteiger partial charge is 0.214 e. The molecule has 0 aromatic heterocycles. The van der Waals surface area contributed by atoms with Gasteiger partial charge in [-0.2, -0.15) is 9.37 Å². The molecule has 2 heterocycles. The second-order valence-electron chi connectivity index (χ2n) is 8.40. The summed E-state index contributed by atoms with van der Waals surface area (Å²) in [5.41, 5.74) is 2.15. The van der Waals surface area contributed by atoms with Gasteiger partial charge in [0.1, 0.15) is 5.75 Å². The van der Waals surface area contributed by atoms with Crippen LogP contribution >= 0.6 is 11.6 Å². The van der Waals surface area contributed by atoms with Crippen molar-refractivity contribution in [3.63, 3.8) is 0 Å². The first-order chi connectivity index (χ1) is 15.4. The molecule has 3 unspecified atom stereocenters. The Morgan fingerprint density at radius 1 is 1.06 bits per heavy atom. The zero-order valence-corrected chi connectivity index (χ0v) is 20.1. The number of halogens is 1. The van der Waals surface area contributed by atoms with E-state index in [0.29, 0.717) is 44.2 Å². The number of hydroxylamine groups is 2. The highest BCUT2D eigenvalue weighted by molar-refractivity contribution is 7.89. The zero-order valence-electron chi connectivity index (χ0n) is 18.5. The lowest BCUT2D eigenvalue weighted by atomic mass is 10.1. The van der Waals surface area contributed by atoms with Gasteiger partial charge in [0.05, 0.1) is 12.9 Å². The fourth-order valence-electron chi connectivity index (χ4n) is 3.99. The van der Waals surface area contributed by atoms with Crippen molar-refractivity contribution in [3.8, 4) is 5.75 Å². The van der Waals surface area contributed by atoms with E-state index < -0.39 is 10.0 Å². The standard InChI is InChI=1S/C23H30ClN3O4S/c1-18(17-27-23(31-27)19-3-9-22(30-2)10-4-19)11-16-32(28,29)26-14-12-25(13-15-26)21-7-5-20(24)6-8-21/h3-10,18,23H,11-17H2,1-2H3. The van der Waals surface area contributed by atoms with Gasteiger partial charge in [0.2, 0.25) is 10.0 Å². The van der Waals surface area contributed by atoms with Crippen molar-refractivity contribution in [2.45, 2.75) is 19.6 Å². The Kier molecular flexibility index (Phi) is 7.27. The summed E-state index contributed by atoms with van der Waals surface area (Å²) in [6.45, 7) is 5.16. The molecule has 0 saturated carbocycles. The van der Waals surface area contributed by atoms with E-state index in [-0.39, 0.29) is 17.9 Å². The van der Waals surface area contributed by atoms with E-state index in [4.69, 9.17) is 21.2 Å². The van der Waals surface area contributed by atoms with Gasteiger partial charge in [0.15, 0.2) is 6.23 Å². The minimum absolute atomic E-state index is 0.0547. The molecule has 2 aromatic carbocycles. The number of benzene rings is 2. The molecule has 2 fully saturated rings. The molecule has 4 rings (SSSR count). The molecule has 7 nitrogen and oxygen atoms in total. The number of rotatable bonds is 9. The topological polar surface area (TPSA) is 65.4 Å². The van der Waals surface area contributed by atoms with Crippen LogP contribution in [0.2, 0.25) is 5.02 Å². The number of methoxy groups -OCH3 is 1. The maximum atomic E-state index is 12.9. The van der Waals surface area contributed by atoms with Crippen molar-refractivity contribution in [1.29, 1.82) is 0 Å². The monoisotopic (exact) mass is 479 g/mol. The van der Waals surface area contributed by atoms with Crippen molar-refractivity contribution in [2.75, 3.05) is 50.5 Å². The van der Waals surface area contributed by atoms with E-state index in [0.717, 1.165) is 17.0 Å². The second kappa shape index (κ2) is 9.97. The number of nitrogens with zero attached hydrogens (tertiary/aromatic N) is 3. The summed E-state index contributed by atoms with van der Waals surface area (Å²) in [6.07, 6.45) is 0.551. The van der Waals surface area contributed by atoms with Crippen LogP contribution in [0.5, 0.6) is 5.75 Å². The molecule has 2 aromatic rings. The van der Waals surface area contributed by atoms with Crippen molar-refractivity contribution < 1.29 is 18.0 Å². The molecule has 3 atom stereocenters. The van der Waals surface area contributed by atoms with Gasteiger partial charge >= 0.3 is 0 Å². The van der Waals surface area contributed by atoms with Gasteiger partial charge in [0.25, 0.3) is 0 Å². The van der Waals surface area contributed by atoms with Crippen LogP contribution in [0.15, 0.2) is 48.5 Å². The largest absolute Gasteiger partial charge is 0.497 e. The van der Waals surface area contributed by atoms with Gasteiger partial charge in [0, 0.05) is 43.4 Å². The van der Waals surface area contributed by atoms with E-state index in [2.05, 4.69) is 11.8 Å². The lowest BCUT2D eigenvalue weighted by Crippen LogP contribution is -2.49. The van der Waals surface area contributed by atoms with Gasteiger partial charge < -0.3 is 9.64 Å². The molecule has 32 heavy (non-hydrogen) atoms. The van der Waals surface area contributed by atoms with Crippen molar-refractivity contribution in [3.05, 3.63) is 59.1 Å². The highest BCUT2D eigenvalue weighted by Gasteiger charge is 2.39. The highest BCUT2D eigenvalue weighted by atomic mass is 35.5. The third-order valence-corrected chi connectivity index (χ3v) is 8.19. The second-order valence-corrected chi connectivity index (χ2v) is 10.9. The fourth-order valence-corrected chi connectivity index (χ4v) is 5.79. The molecule has 9 heteroatoms. The number of anilines is 1. The SMILES string of the molecule is COc1ccc(C2ON2CC(C)CCS(=O)(=O)N2CCN(c3ccc(Cl)cc3)CC2)cc1. The molecular formula is C23H30ClN3O4S. The molecule has 2 aliphatic heterocycles. The molecule has 0 radical (unpaired) electrons. The van der Waals surface area contributed by atoms with Crippen LogP contribution in [-0.4, -0.2) is 63.4 Å². The fraction of sp³-hybridized carbons (Fsp3) is 0.478. The van der Waals surface area contributed by atoms with Crippen molar-refractivity contribution in [1.82, 2.24) is 9.37 Å². The molecule has 0 N–H and O–H groups in total. The van der Waals surface area contributed by atoms with E-state index in [1.54, 1.807) is 11.4 Å². The highest BCUT2D eigenvalue weighted by Crippen LogP contribution is 2.38. The van der Waals surface area contributed by atoms with Gasteiger partial charge in [-0.25, -0.2) is 8.42 Å². The average molecular weight is 480 g/mol. The van der Waals surface area contributed by atoms with E-state index >= 15 is 0 Å². The summed E-state index contributed by atoms with van der Waals surface area (Å²) >= 11 is 5.96. The first-order valence-corrected chi connectivity index (χ1v) is 12.9. The maximum Gasteiger partial charge on any atom is 0.214 e. The van der Waals surface area contributed by atoms with Crippen LogP contribution < -0.4 is 9.64 Å². The Balaban J connectivity index is 1.21. The Hall–Kier alpha value is -1.84. The van der Waals surface area contributed by atoms with E-state index in [9.17, 15) is 8.42 Å². The first-order valence-electron chi connectivity index (χ1n) is 10.9. The lowest BCUT2D eigenvalue weighted by molar-refractivity contribution is 0.176. The average Bonchev–Trinajstić information content (AvgIpc) is 3.57. The number of hydrogen-bond acceptors (Lipinski definition) is 6. The Morgan fingerprint density at radius 2 is 1.72 bits per heavy atom. The third-order valence-electron chi connectivity index (χ3n) is 6.04. The van der Waals surface area contributed by atoms with Crippen LogP contribution in [0.3, 0.4) is 0 Å². The molecule has 174 valence electrons. The summed E-state index contributed by atoms with van der Waals surface area (Å²) in [7, 11) is -1.62. The van der Waals surface area contributed by atoms with Crippen molar-refractivity contribution >= 4 is 27.3 Å². The van der Waals surface area contributed by atoms with Crippen LogP contribution in [0.25, 0.3) is 0 Å². The van der Waals surface area contributed by atoms with Crippen molar-refractivity contribution in [2.24, 2.45) is 5.92 Å². The van der Waals surface area contributed by atoms with Gasteiger partial charge in [-0.15, -0.1) is 0 Å². The van der Waals surface area contributed by atoms with E-state index in [1.165, 1.54) is 0 Å². The van der Waals surface area contributed by atoms with Crippen LogP contribution in [0.1, 0.15) is 25.1 Å². The van der Waals surface area contributed by atoms with Gasteiger partial charge in [-0.1, -0.05) is 30.7 Å². The minimum atomic E-state index is -3.27. The van der Waals surface area contributed by atoms with Crippen LogP contribution in [0, 0.1) is 5.92 Å². The lowest BCUT2D eigenvalue weighted by Gasteiger charge is -2.35. The van der Waals surface area contributed by atoms with Crippen LogP contribution in [-0.2, 0) is 14.9 Å². The normalized spacial score (nSPS) is 22.5. The summed E-state index contributed by atoms with van der Waals surface area (Å²) in [4.78, 5) is 7.87. The summed E-state index contributed by atoms with van der Waals surface area (Å²) < 4.78 is 32.5. The maximum absolute atomic E-state index is 12.9. The number of sulfonamides is 1. The zero-order chi connectivity index (χ0) is 22.7. The first kappa shape index (κ1) is 23.3. The predicted molar refractivity (Wildman–Crippen MR) is 126 cm³/mol. The summed E-state index contributed by atoms with van der Waals surface area (Å²) in [6, 6.07) is 15.5. The quantitative estimate of drug-likeness (QED) is 0.510. The van der Waals surface area contributed by atoms with Gasteiger partial charge in [-0.3, -0.25) is 4.84 Å². The summed E-state index contributed by atoms with van der Waals surface area (Å²) in [5.74, 6) is 1.19. The van der Waals surface area contributed by atoms with Gasteiger partial charge in [-0.05, 0) is 54.3 Å². The number of hydrogen-bond donors (Lipinski definition) is 0. The predicted octanol–water partition coefficient (Wildman–Crippen LogP) is 3.77. The molecular weight excluding hydrogens is 450 g/mol. The Morgan fingerprint density at radius 3 is 2.34 bits per heavy atom. The third kappa shape index (κ3) is 5.74. The molecule has 0 bridgehead atoms. The number of piperazine rings is 1. The Labute approximate surface area is 195 Å². The summed E-state index contributed by atoms with van der Waals surface area (Å²) in [5, 5.41) is 2.61. The van der Waals surface area contributed by atoms with E-state index in [1.807, 2.05) is 53.6 Å². The molecule has 2 saturated heterocycles. The molecule has 0 amide bonds. The number of ether oxygens (including phenoxy) is 1. The minimum Gasteiger partial charge on any atom is -0.497 e. The molecule has 0 spiro atoms.